The molecule has 0 atom stereocenters. The van der Waals surface area contributed by atoms with E-state index in [1.165, 1.54) is 27.7 Å². The van der Waals surface area contributed by atoms with Gasteiger partial charge in [0.05, 0.1) is 12.6 Å². The second-order valence-corrected chi connectivity index (χ2v) is 6.98. The molecule has 0 aliphatic carbocycles. The number of methoxy groups -OCH3 is 1. The van der Waals surface area contributed by atoms with Gasteiger partial charge < -0.3 is 14.2 Å². The van der Waals surface area contributed by atoms with Gasteiger partial charge in [-0.1, -0.05) is 30.3 Å². The molecule has 3 heteroatoms. The van der Waals surface area contributed by atoms with Crippen molar-refractivity contribution in [2.75, 3.05) is 26.1 Å². The zero-order chi connectivity index (χ0) is 18.8. The van der Waals surface area contributed by atoms with Crippen LogP contribution in [0, 0.1) is 0 Å². The van der Waals surface area contributed by atoms with Gasteiger partial charge >= 0.3 is 0 Å². The maximum atomic E-state index is 5.29. The Labute approximate surface area is 160 Å². The van der Waals surface area contributed by atoms with Crippen LogP contribution in [0.4, 0.5) is 5.69 Å². The molecule has 27 heavy (non-hydrogen) atoms. The maximum Gasteiger partial charge on any atom is 0.119 e. The molecule has 4 rings (SSSR count). The lowest BCUT2D eigenvalue weighted by Crippen LogP contribution is -2.08. The van der Waals surface area contributed by atoms with E-state index in [0.717, 1.165) is 17.9 Å². The Hall–Kier alpha value is -3.20. The zero-order valence-electron chi connectivity index (χ0n) is 16.0. The minimum Gasteiger partial charge on any atom is -0.497 e. The van der Waals surface area contributed by atoms with Crippen LogP contribution in [0.3, 0.4) is 0 Å². The van der Waals surface area contributed by atoms with Crippen molar-refractivity contribution in [1.29, 1.82) is 0 Å². The number of aromatic nitrogens is 1. The first kappa shape index (κ1) is 17.2. The Bertz CT molecular complexity index is 1040. The standard InChI is InChI=1S/C24H24N2O/c1-25(2)20-10-8-18(9-11-20)16-19-17-26(24-7-5-4-6-23(19)24)21-12-14-22(27-3)15-13-21/h4-15,17H,16H2,1-3H3. The molecule has 0 aliphatic heterocycles. The van der Waals surface area contributed by atoms with Crippen molar-refractivity contribution in [2.45, 2.75) is 6.42 Å². The van der Waals surface area contributed by atoms with Crippen molar-refractivity contribution < 1.29 is 4.74 Å². The van der Waals surface area contributed by atoms with Crippen LogP contribution < -0.4 is 9.64 Å². The summed E-state index contributed by atoms with van der Waals surface area (Å²) in [7, 11) is 5.83. The highest BCUT2D eigenvalue weighted by Gasteiger charge is 2.10. The van der Waals surface area contributed by atoms with Gasteiger partial charge in [0.25, 0.3) is 0 Å². The lowest BCUT2D eigenvalue weighted by Gasteiger charge is -2.12. The first-order valence-corrected chi connectivity index (χ1v) is 9.15. The maximum absolute atomic E-state index is 5.29. The van der Waals surface area contributed by atoms with E-state index in [9.17, 15) is 0 Å². The number of benzene rings is 3. The normalized spacial score (nSPS) is 10.9. The number of nitrogens with zero attached hydrogens (tertiary/aromatic N) is 2. The molecule has 136 valence electrons. The van der Waals surface area contributed by atoms with Crippen LogP contribution in [0.1, 0.15) is 11.1 Å². The van der Waals surface area contributed by atoms with Crippen LogP contribution in [0.25, 0.3) is 16.6 Å². The third-order valence-corrected chi connectivity index (χ3v) is 4.99. The monoisotopic (exact) mass is 356 g/mol. The molecule has 0 aliphatic rings. The van der Waals surface area contributed by atoms with Crippen LogP contribution in [0.15, 0.2) is 79.0 Å². The molecule has 0 amide bonds. The predicted octanol–water partition coefficient (Wildman–Crippen LogP) is 5.30. The summed E-state index contributed by atoms with van der Waals surface area (Å²) in [5.74, 6) is 0.872. The number of fused-ring (bicyclic) bond motifs is 1. The number of ether oxygens (including phenoxy) is 1. The molecule has 0 bridgehead atoms. The Morgan fingerprint density at radius 3 is 2.22 bits per heavy atom. The van der Waals surface area contributed by atoms with Crippen molar-refractivity contribution in [2.24, 2.45) is 0 Å². The summed E-state index contributed by atoms with van der Waals surface area (Å²) in [6.45, 7) is 0. The third-order valence-electron chi connectivity index (χ3n) is 4.99. The van der Waals surface area contributed by atoms with Crippen LogP contribution in [0.2, 0.25) is 0 Å². The Balaban J connectivity index is 1.73. The molecule has 0 fully saturated rings. The fourth-order valence-electron chi connectivity index (χ4n) is 3.48. The second kappa shape index (κ2) is 7.20. The number of hydrogen-bond acceptors (Lipinski definition) is 2. The summed E-state index contributed by atoms with van der Waals surface area (Å²) in [5.41, 5.74) is 6.24. The molecule has 0 N–H and O–H groups in total. The minimum atomic E-state index is 0.872. The quantitative estimate of drug-likeness (QED) is 0.483. The van der Waals surface area contributed by atoms with E-state index in [1.54, 1.807) is 7.11 Å². The Kier molecular flexibility index (Phi) is 4.59. The molecule has 1 heterocycles. The summed E-state index contributed by atoms with van der Waals surface area (Å²) in [5, 5.41) is 1.30. The molecular weight excluding hydrogens is 332 g/mol. The minimum absolute atomic E-state index is 0.872. The lowest BCUT2D eigenvalue weighted by atomic mass is 10.0. The van der Waals surface area contributed by atoms with Gasteiger partial charge in [-0.25, -0.2) is 0 Å². The number of hydrogen-bond donors (Lipinski definition) is 0. The largest absolute Gasteiger partial charge is 0.497 e. The van der Waals surface area contributed by atoms with Gasteiger partial charge in [0.15, 0.2) is 0 Å². The molecule has 0 radical (unpaired) electrons. The van der Waals surface area contributed by atoms with Crippen LogP contribution in [0.5, 0.6) is 5.75 Å². The van der Waals surface area contributed by atoms with Gasteiger partial charge in [-0.3, -0.25) is 0 Å². The summed E-state index contributed by atoms with van der Waals surface area (Å²) in [4.78, 5) is 2.12. The highest BCUT2D eigenvalue weighted by Crippen LogP contribution is 2.28. The SMILES string of the molecule is COc1ccc(-n2cc(Cc3ccc(N(C)C)cc3)c3ccccc32)cc1. The first-order valence-electron chi connectivity index (χ1n) is 9.15. The Morgan fingerprint density at radius 1 is 0.852 bits per heavy atom. The van der Waals surface area contributed by atoms with Crippen molar-refractivity contribution in [3.63, 3.8) is 0 Å². The van der Waals surface area contributed by atoms with E-state index in [0.29, 0.717) is 0 Å². The van der Waals surface area contributed by atoms with Crippen molar-refractivity contribution in [1.82, 2.24) is 4.57 Å². The number of para-hydroxylation sites is 1. The van der Waals surface area contributed by atoms with Crippen LogP contribution in [-0.4, -0.2) is 25.8 Å². The fourth-order valence-corrected chi connectivity index (χ4v) is 3.48. The van der Waals surface area contributed by atoms with Crippen molar-refractivity contribution >= 4 is 16.6 Å². The summed E-state index contributed by atoms with van der Waals surface area (Å²) in [6.07, 6.45) is 3.17. The van der Waals surface area contributed by atoms with Crippen LogP contribution in [-0.2, 0) is 6.42 Å². The zero-order valence-corrected chi connectivity index (χ0v) is 16.0. The molecule has 3 aromatic carbocycles. The average molecular weight is 356 g/mol. The van der Waals surface area contributed by atoms with Gasteiger partial charge in [-0.05, 0) is 60.0 Å². The lowest BCUT2D eigenvalue weighted by molar-refractivity contribution is 0.415. The van der Waals surface area contributed by atoms with E-state index >= 15 is 0 Å². The van der Waals surface area contributed by atoms with E-state index in [1.807, 2.05) is 12.1 Å². The average Bonchev–Trinajstić information content (AvgIpc) is 3.07. The fraction of sp³-hybridized carbons (Fsp3) is 0.167. The first-order chi connectivity index (χ1) is 13.2. The summed E-state index contributed by atoms with van der Waals surface area (Å²) < 4.78 is 7.55. The van der Waals surface area contributed by atoms with Gasteiger partial charge in [-0.2, -0.15) is 0 Å². The molecule has 0 saturated heterocycles. The molecule has 0 saturated carbocycles. The molecule has 0 spiro atoms. The third kappa shape index (κ3) is 3.41. The Morgan fingerprint density at radius 2 is 1.56 bits per heavy atom. The van der Waals surface area contributed by atoms with Crippen molar-refractivity contribution in [3.8, 4) is 11.4 Å². The molecule has 1 aromatic heterocycles. The van der Waals surface area contributed by atoms with E-state index in [2.05, 4.69) is 90.4 Å². The molecule has 0 unspecified atom stereocenters. The molecule has 3 nitrogen and oxygen atoms in total. The van der Waals surface area contributed by atoms with E-state index in [4.69, 9.17) is 4.74 Å². The highest BCUT2D eigenvalue weighted by atomic mass is 16.5. The summed E-state index contributed by atoms with van der Waals surface area (Å²) in [6, 6.07) is 25.6. The predicted molar refractivity (Wildman–Crippen MR) is 113 cm³/mol. The topological polar surface area (TPSA) is 17.4 Å². The second-order valence-electron chi connectivity index (χ2n) is 6.98. The van der Waals surface area contributed by atoms with Gasteiger partial charge in [0.1, 0.15) is 5.75 Å². The van der Waals surface area contributed by atoms with Crippen molar-refractivity contribution in [3.05, 3.63) is 90.1 Å². The molecular formula is C24H24N2O. The smallest absolute Gasteiger partial charge is 0.119 e. The van der Waals surface area contributed by atoms with E-state index < -0.39 is 0 Å². The van der Waals surface area contributed by atoms with Gasteiger partial charge in [0.2, 0.25) is 0 Å². The highest BCUT2D eigenvalue weighted by molar-refractivity contribution is 5.86. The van der Waals surface area contributed by atoms with Crippen LogP contribution >= 0.6 is 0 Å². The van der Waals surface area contributed by atoms with E-state index in [-0.39, 0.29) is 0 Å². The number of anilines is 1. The molecule has 4 aromatic rings. The van der Waals surface area contributed by atoms with Gasteiger partial charge in [-0.15, -0.1) is 0 Å². The summed E-state index contributed by atoms with van der Waals surface area (Å²) >= 11 is 0. The number of rotatable bonds is 5. The van der Waals surface area contributed by atoms with Gasteiger partial charge in [0, 0.05) is 37.1 Å².